The molecule has 276 valence electrons. The van der Waals surface area contributed by atoms with Gasteiger partial charge in [0, 0.05) is 19.5 Å². The third-order valence-corrected chi connectivity index (χ3v) is 12.5. The van der Waals surface area contributed by atoms with Crippen LogP contribution < -0.4 is 0 Å². The molecule has 0 nitrogen and oxygen atoms in total. The van der Waals surface area contributed by atoms with Crippen LogP contribution in [-0.4, -0.2) is 0 Å². The molecule has 2 heteroatoms. The summed E-state index contributed by atoms with van der Waals surface area (Å²) < 4.78 is 0. The molecule has 7 aromatic rings. The molecule has 5 aromatic carbocycles. The van der Waals surface area contributed by atoms with Crippen LogP contribution in [0.1, 0.15) is 78.6 Å². The molecular weight excluding hydrogens is 701 g/mol. The van der Waals surface area contributed by atoms with E-state index in [1.54, 1.807) is 0 Å². The molecule has 0 N–H and O–H groups in total. The van der Waals surface area contributed by atoms with Crippen LogP contribution in [0.5, 0.6) is 0 Å². The topological polar surface area (TPSA) is 0 Å². The Hall–Kier alpha value is -5.28. The van der Waals surface area contributed by atoms with E-state index in [1.807, 2.05) is 35.7 Å². The number of thiophene rings is 2. The molecule has 0 saturated heterocycles. The molecule has 1 unspecified atom stereocenters. The van der Waals surface area contributed by atoms with Crippen LogP contribution in [0, 0.1) is 13.8 Å². The van der Waals surface area contributed by atoms with Crippen molar-refractivity contribution in [1.29, 1.82) is 0 Å². The minimum atomic E-state index is 0.649. The third kappa shape index (κ3) is 10.1. The van der Waals surface area contributed by atoms with Crippen LogP contribution in [0.15, 0.2) is 164 Å². The van der Waals surface area contributed by atoms with Crippen LogP contribution in [0.2, 0.25) is 0 Å². The van der Waals surface area contributed by atoms with Gasteiger partial charge >= 0.3 is 0 Å². The van der Waals surface area contributed by atoms with Gasteiger partial charge in [-0.1, -0.05) is 172 Å². The third-order valence-electron chi connectivity index (χ3n) is 10.1. The molecule has 2 aromatic heterocycles. The molecule has 1 aliphatic carbocycles. The van der Waals surface area contributed by atoms with Crippen LogP contribution in [0.25, 0.3) is 59.8 Å². The minimum absolute atomic E-state index is 0.649. The van der Waals surface area contributed by atoms with Crippen molar-refractivity contribution in [3.05, 3.63) is 197 Å². The van der Waals surface area contributed by atoms with Crippen molar-refractivity contribution < 1.29 is 0 Å². The van der Waals surface area contributed by atoms with Crippen LogP contribution in [-0.2, 0) is 0 Å². The Kier molecular flexibility index (Phi) is 13.9. The van der Waals surface area contributed by atoms with E-state index in [9.17, 15) is 0 Å². The summed E-state index contributed by atoms with van der Waals surface area (Å²) in [7, 11) is 0. The molecule has 0 fully saturated rings. The number of rotatable bonds is 8. The summed E-state index contributed by atoms with van der Waals surface area (Å²) in [5.74, 6) is 0.649. The first-order valence-corrected chi connectivity index (χ1v) is 21.1. The van der Waals surface area contributed by atoms with Crippen molar-refractivity contribution in [1.82, 2.24) is 0 Å². The molecule has 8 rings (SSSR count). The summed E-state index contributed by atoms with van der Waals surface area (Å²) in [4.78, 5) is 5.40. The van der Waals surface area contributed by atoms with Gasteiger partial charge in [0.25, 0.3) is 0 Å². The molecule has 1 atom stereocenters. The maximum absolute atomic E-state index is 3.92. The highest BCUT2D eigenvalue weighted by molar-refractivity contribution is 7.18. The second kappa shape index (κ2) is 19.4. The lowest BCUT2D eigenvalue weighted by molar-refractivity contribution is 0.734. The fourth-order valence-corrected chi connectivity index (χ4v) is 8.82. The zero-order valence-corrected chi connectivity index (χ0v) is 34.5. The fraction of sp³-hybridized carbons (Fsp3) is 0.170. The Labute approximate surface area is 337 Å². The SMILES string of the molecule is C=Cc1c(/C=C\C)cc(C)c2ccccc12.CCC(C)c1ccc(-c2ccc(C3=CCCC=C3)s2)cc1.Cc1ccc(-c2ccc(-c3ccccc3)s2)cc1. The zero-order chi connectivity index (χ0) is 38.6. The van der Waals surface area contributed by atoms with E-state index < -0.39 is 0 Å². The summed E-state index contributed by atoms with van der Waals surface area (Å²) in [5.41, 5.74) is 11.8. The van der Waals surface area contributed by atoms with E-state index in [2.05, 4.69) is 198 Å². The number of benzene rings is 5. The van der Waals surface area contributed by atoms with Crippen LogP contribution >= 0.6 is 22.7 Å². The number of hydrogen-bond acceptors (Lipinski definition) is 2. The Balaban J connectivity index is 0.000000142. The molecule has 1 aliphatic rings. The van der Waals surface area contributed by atoms with Crippen molar-refractivity contribution in [2.24, 2.45) is 0 Å². The highest BCUT2D eigenvalue weighted by atomic mass is 32.1. The van der Waals surface area contributed by atoms with Crippen LogP contribution in [0.4, 0.5) is 0 Å². The lowest BCUT2D eigenvalue weighted by Crippen LogP contribution is -1.90. The van der Waals surface area contributed by atoms with Crippen molar-refractivity contribution in [3.8, 4) is 31.3 Å². The van der Waals surface area contributed by atoms with E-state index in [0.717, 1.165) is 0 Å². The quantitative estimate of drug-likeness (QED) is 0.145. The zero-order valence-electron chi connectivity index (χ0n) is 32.9. The van der Waals surface area contributed by atoms with E-state index >= 15 is 0 Å². The molecule has 55 heavy (non-hydrogen) atoms. The van der Waals surface area contributed by atoms with Gasteiger partial charge in [0.1, 0.15) is 0 Å². The maximum atomic E-state index is 3.92. The van der Waals surface area contributed by atoms with Crippen molar-refractivity contribution in [3.63, 3.8) is 0 Å². The molecule has 0 spiro atoms. The summed E-state index contributed by atoms with van der Waals surface area (Å²) in [5, 5.41) is 2.59. The molecule has 0 bridgehead atoms. The highest BCUT2D eigenvalue weighted by Crippen LogP contribution is 2.36. The standard InChI is InChI=1S/C20H22S.C17H14S.C16H16/c1-3-15(2)16-9-11-18(12-10-16)20-14-13-19(21-20)17-7-5-4-6-8-17;1-13-7-9-15(10-8-13)17-12-11-16(18-17)14-5-3-2-4-6-14;1-4-8-13-11-12(3)15-9-6-7-10-16(15)14(13)5-2/h5,7-15H,3-4,6H2,1-2H3;2-12H,1H3;4-11H,2H2,1,3H3/b;;8-4-. The van der Waals surface area contributed by atoms with Crippen molar-refractivity contribution >= 4 is 51.2 Å². The highest BCUT2D eigenvalue weighted by Gasteiger charge is 2.09. The Morgan fingerprint density at radius 1 is 0.655 bits per heavy atom. The first-order chi connectivity index (χ1) is 26.9. The number of fused-ring (bicyclic) bond motifs is 1. The fourth-order valence-electron chi connectivity index (χ4n) is 6.78. The molecule has 0 aliphatic heterocycles. The number of hydrogen-bond donors (Lipinski definition) is 0. The van der Waals surface area contributed by atoms with Gasteiger partial charge < -0.3 is 0 Å². The molecular formula is C53H52S2. The van der Waals surface area contributed by atoms with Gasteiger partial charge in [-0.3, -0.25) is 0 Å². The molecule has 2 heterocycles. The minimum Gasteiger partial charge on any atom is -0.135 e. The summed E-state index contributed by atoms with van der Waals surface area (Å²) in [6, 6.07) is 48.0. The van der Waals surface area contributed by atoms with E-state index in [-0.39, 0.29) is 0 Å². The number of aryl methyl sites for hydroxylation is 2. The largest absolute Gasteiger partial charge is 0.135 e. The van der Waals surface area contributed by atoms with Gasteiger partial charge in [0.15, 0.2) is 0 Å². The van der Waals surface area contributed by atoms with Gasteiger partial charge in [-0.05, 0) is 126 Å². The predicted molar refractivity (Wildman–Crippen MR) is 248 cm³/mol. The second-order valence-electron chi connectivity index (χ2n) is 14.1. The van der Waals surface area contributed by atoms with Gasteiger partial charge in [0.05, 0.1) is 0 Å². The van der Waals surface area contributed by atoms with Gasteiger partial charge in [-0.25, -0.2) is 0 Å². The van der Waals surface area contributed by atoms with E-state index in [0.29, 0.717) is 5.92 Å². The van der Waals surface area contributed by atoms with Crippen LogP contribution in [0.3, 0.4) is 0 Å². The lowest BCUT2D eigenvalue weighted by Gasteiger charge is -2.09. The second-order valence-corrected chi connectivity index (χ2v) is 16.2. The summed E-state index contributed by atoms with van der Waals surface area (Å²) in [6.45, 7) is 14.8. The number of allylic oxidation sites excluding steroid dienone is 5. The van der Waals surface area contributed by atoms with E-state index in [1.165, 1.54) is 99.6 Å². The lowest BCUT2D eigenvalue weighted by atomic mass is 9.95. The average molecular weight is 753 g/mol. The van der Waals surface area contributed by atoms with Gasteiger partial charge in [0.2, 0.25) is 0 Å². The molecule has 0 saturated carbocycles. The maximum Gasteiger partial charge on any atom is 0.0349 e. The summed E-state index contributed by atoms with van der Waals surface area (Å²) >= 11 is 3.74. The van der Waals surface area contributed by atoms with Gasteiger partial charge in [-0.15, -0.1) is 22.7 Å². The average Bonchev–Trinajstić information content (AvgIpc) is 3.94. The summed E-state index contributed by atoms with van der Waals surface area (Å²) in [6.07, 6.45) is 16.6. The Morgan fingerprint density at radius 3 is 1.80 bits per heavy atom. The van der Waals surface area contributed by atoms with E-state index in [4.69, 9.17) is 0 Å². The molecule has 0 radical (unpaired) electrons. The van der Waals surface area contributed by atoms with Crippen molar-refractivity contribution in [2.75, 3.05) is 0 Å². The Morgan fingerprint density at radius 2 is 1.22 bits per heavy atom. The first kappa shape index (κ1) is 39.4. The predicted octanol–water partition coefficient (Wildman–Crippen LogP) is 16.9. The first-order valence-electron chi connectivity index (χ1n) is 19.5. The van der Waals surface area contributed by atoms with Gasteiger partial charge in [-0.2, -0.15) is 0 Å². The Bertz CT molecular complexity index is 2390. The van der Waals surface area contributed by atoms with Crippen molar-refractivity contribution in [2.45, 2.75) is 59.8 Å². The monoisotopic (exact) mass is 752 g/mol. The normalized spacial score (nSPS) is 12.7. The molecule has 0 amide bonds. The smallest absolute Gasteiger partial charge is 0.0349 e.